The van der Waals surface area contributed by atoms with Gasteiger partial charge in [0.2, 0.25) is 0 Å². The van der Waals surface area contributed by atoms with Gasteiger partial charge in [0.25, 0.3) is 5.91 Å². The molecule has 0 bridgehead atoms. The molecule has 3 aromatic rings. The van der Waals surface area contributed by atoms with Crippen molar-refractivity contribution < 1.29 is 32.6 Å². The van der Waals surface area contributed by atoms with E-state index in [0.717, 1.165) is 5.56 Å². The second-order valence-corrected chi connectivity index (χ2v) is 7.16. The summed E-state index contributed by atoms with van der Waals surface area (Å²) in [6.07, 6.45) is 2.94. The minimum absolute atomic E-state index is 0.0246. The summed E-state index contributed by atoms with van der Waals surface area (Å²) in [5, 5.41) is 2.79. The lowest BCUT2D eigenvalue weighted by atomic mass is 10.1. The van der Waals surface area contributed by atoms with Crippen LogP contribution in [-0.4, -0.2) is 32.0 Å². The van der Waals surface area contributed by atoms with Gasteiger partial charge in [-0.3, -0.25) is 9.59 Å². The highest BCUT2D eigenvalue weighted by Gasteiger charge is 2.10. The fourth-order valence-electron chi connectivity index (χ4n) is 3.02. The van der Waals surface area contributed by atoms with E-state index >= 15 is 0 Å². The van der Waals surface area contributed by atoms with Crippen LogP contribution in [-0.2, 0) is 4.79 Å². The van der Waals surface area contributed by atoms with Crippen molar-refractivity contribution in [2.75, 3.05) is 19.0 Å². The third kappa shape index (κ3) is 6.90. The monoisotopic (exact) mass is 467 g/mol. The molecule has 0 saturated carbocycles. The van der Waals surface area contributed by atoms with Gasteiger partial charge in [-0.05, 0) is 66.6 Å². The van der Waals surface area contributed by atoms with E-state index in [-0.39, 0.29) is 24.0 Å². The molecule has 8 heteroatoms. The predicted octanol–water partition coefficient (Wildman–Crippen LogP) is 5.52. The van der Waals surface area contributed by atoms with E-state index in [1.54, 1.807) is 24.3 Å². The first-order valence-electron chi connectivity index (χ1n) is 10.3. The zero-order chi connectivity index (χ0) is 24.5. The largest absolute Gasteiger partial charge is 0.493 e. The Labute approximate surface area is 195 Å². The fraction of sp³-hybridized carbons (Fsp3) is 0.154. The number of aryl methyl sites for hydroxylation is 1. The summed E-state index contributed by atoms with van der Waals surface area (Å²) >= 11 is 0. The van der Waals surface area contributed by atoms with E-state index in [0.29, 0.717) is 28.3 Å². The van der Waals surface area contributed by atoms with Gasteiger partial charge in [0.05, 0.1) is 7.11 Å². The molecule has 3 rings (SSSR count). The quantitative estimate of drug-likeness (QED) is 0.314. The molecule has 0 radical (unpaired) electrons. The smallest absolute Gasteiger partial charge is 0.387 e. The summed E-state index contributed by atoms with van der Waals surface area (Å²) in [7, 11) is 1.47. The molecule has 0 atom stereocenters. The number of nitrogens with one attached hydrogen (secondary N) is 1. The number of hydrogen-bond acceptors (Lipinski definition) is 5. The van der Waals surface area contributed by atoms with Crippen molar-refractivity contribution in [2.45, 2.75) is 13.5 Å². The Balaban J connectivity index is 1.60. The van der Waals surface area contributed by atoms with E-state index in [2.05, 4.69) is 10.1 Å². The number of benzene rings is 3. The third-order valence-electron chi connectivity index (χ3n) is 4.76. The maximum absolute atomic E-state index is 12.3. The van der Waals surface area contributed by atoms with Crippen LogP contribution in [0.4, 0.5) is 14.5 Å². The molecule has 1 N–H and O–H groups in total. The second-order valence-electron chi connectivity index (χ2n) is 7.16. The molecule has 1 amide bonds. The van der Waals surface area contributed by atoms with E-state index in [4.69, 9.17) is 9.47 Å². The number of anilines is 1. The van der Waals surface area contributed by atoms with Crippen LogP contribution >= 0.6 is 0 Å². The molecule has 6 nitrogen and oxygen atoms in total. The highest BCUT2D eigenvalue weighted by molar-refractivity contribution is 6.06. The summed E-state index contributed by atoms with van der Waals surface area (Å²) < 4.78 is 39.7. The molecule has 0 saturated heterocycles. The summed E-state index contributed by atoms with van der Waals surface area (Å²) in [6.45, 7) is -1.23. The number of halogens is 2. The molecule has 34 heavy (non-hydrogen) atoms. The molecule has 0 aromatic heterocycles. The lowest BCUT2D eigenvalue weighted by molar-refractivity contribution is -0.118. The van der Waals surface area contributed by atoms with Crippen molar-refractivity contribution in [2.24, 2.45) is 0 Å². The van der Waals surface area contributed by atoms with Gasteiger partial charge in [-0.25, -0.2) is 0 Å². The van der Waals surface area contributed by atoms with E-state index in [1.165, 1.54) is 37.5 Å². The number of ether oxygens (including phenoxy) is 3. The number of amides is 1. The highest BCUT2D eigenvalue weighted by Crippen LogP contribution is 2.29. The number of alkyl halides is 2. The van der Waals surface area contributed by atoms with Gasteiger partial charge < -0.3 is 19.5 Å². The van der Waals surface area contributed by atoms with Crippen molar-refractivity contribution in [1.82, 2.24) is 0 Å². The summed E-state index contributed by atoms with van der Waals surface area (Å²) in [6, 6.07) is 17.9. The maximum Gasteiger partial charge on any atom is 0.387 e. The van der Waals surface area contributed by atoms with Crippen molar-refractivity contribution >= 4 is 23.5 Å². The minimum atomic E-state index is -2.93. The Kier molecular flexibility index (Phi) is 8.34. The molecule has 176 valence electrons. The first-order chi connectivity index (χ1) is 16.4. The molecular weight excluding hydrogens is 444 g/mol. The Morgan fingerprint density at radius 2 is 1.74 bits per heavy atom. The average Bonchev–Trinajstić information content (AvgIpc) is 2.83. The number of methoxy groups -OCH3 is 1. The maximum atomic E-state index is 12.3. The lowest BCUT2D eigenvalue weighted by Gasteiger charge is -2.12. The standard InChI is InChI=1S/C26H23F2NO5/c1-17-5-3-4-6-21(17)29-25(31)16-33-23-14-8-18(15-24(23)32-2)7-13-22(30)19-9-11-20(12-10-19)34-26(27)28/h3-15,26H,16H2,1-2H3,(H,29,31)/b13-7+. The SMILES string of the molecule is COc1cc(/C=C/C(=O)c2ccc(OC(F)F)cc2)ccc1OCC(=O)Nc1ccccc1C. The van der Waals surface area contributed by atoms with Gasteiger partial charge in [-0.1, -0.05) is 30.3 Å². The van der Waals surface area contributed by atoms with Crippen LogP contribution in [0.25, 0.3) is 6.08 Å². The van der Waals surface area contributed by atoms with E-state index in [1.807, 2.05) is 31.2 Å². The van der Waals surface area contributed by atoms with E-state index in [9.17, 15) is 18.4 Å². The molecular formula is C26H23F2NO5. The van der Waals surface area contributed by atoms with Crippen molar-refractivity contribution in [3.8, 4) is 17.2 Å². The van der Waals surface area contributed by atoms with Crippen LogP contribution in [0.3, 0.4) is 0 Å². The molecule has 0 aliphatic carbocycles. The van der Waals surface area contributed by atoms with Crippen LogP contribution in [0.2, 0.25) is 0 Å². The average molecular weight is 467 g/mol. The van der Waals surface area contributed by atoms with E-state index < -0.39 is 6.61 Å². The molecule has 0 unspecified atom stereocenters. The van der Waals surface area contributed by atoms with Gasteiger partial charge in [0.15, 0.2) is 23.9 Å². The molecule has 0 aliphatic heterocycles. The van der Waals surface area contributed by atoms with Crippen LogP contribution < -0.4 is 19.5 Å². The first-order valence-corrected chi connectivity index (χ1v) is 10.3. The lowest BCUT2D eigenvalue weighted by Crippen LogP contribution is -2.20. The Morgan fingerprint density at radius 3 is 2.41 bits per heavy atom. The molecule has 0 heterocycles. The zero-order valence-electron chi connectivity index (χ0n) is 18.6. The summed E-state index contributed by atoms with van der Waals surface area (Å²) in [4.78, 5) is 24.6. The van der Waals surface area contributed by atoms with Crippen LogP contribution in [0.5, 0.6) is 17.2 Å². The molecule has 3 aromatic carbocycles. The molecule has 0 fully saturated rings. The Morgan fingerprint density at radius 1 is 1.00 bits per heavy atom. The Bertz CT molecular complexity index is 1180. The van der Waals surface area contributed by atoms with Crippen molar-refractivity contribution in [3.63, 3.8) is 0 Å². The number of para-hydroxylation sites is 1. The Hall–Kier alpha value is -4.20. The number of carbonyl (C=O) groups is 2. The van der Waals surface area contributed by atoms with Crippen LogP contribution in [0.15, 0.2) is 72.8 Å². The first kappa shape index (κ1) is 24.4. The van der Waals surface area contributed by atoms with Crippen LogP contribution in [0, 0.1) is 6.92 Å². The normalized spacial score (nSPS) is 10.9. The van der Waals surface area contributed by atoms with Gasteiger partial charge >= 0.3 is 6.61 Å². The van der Waals surface area contributed by atoms with Crippen molar-refractivity contribution in [1.29, 1.82) is 0 Å². The number of rotatable bonds is 10. The fourth-order valence-corrected chi connectivity index (χ4v) is 3.02. The van der Waals surface area contributed by atoms with Gasteiger partial charge in [0, 0.05) is 11.3 Å². The second kappa shape index (κ2) is 11.6. The highest BCUT2D eigenvalue weighted by atomic mass is 19.3. The predicted molar refractivity (Wildman–Crippen MR) is 125 cm³/mol. The number of hydrogen-bond donors (Lipinski definition) is 1. The zero-order valence-corrected chi connectivity index (χ0v) is 18.6. The number of carbonyl (C=O) groups excluding carboxylic acids is 2. The van der Waals surface area contributed by atoms with Crippen molar-refractivity contribution in [3.05, 3.63) is 89.5 Å². The summed E-state index contributed by atoms with van der Waals surface area (Å²) in [5.41, 5.74) is 2.64. The van der Waals surface area contributed by atoms with Gasteiger partial charge in [-0.2, -0.15) is 8.78 Å². The summed E-state index contributed by atoms with van der Waals surface area (Å²) in [5.74, 6) is 0.127. The number of allylic oxidation sites excluding steroid dienone is 1. The van der Waals surface area contributed by atoms with Gasteiger partial charge in [0.1, 0.15) is 5.75 Å². The molecule has 0 spiro atoms. The van der Waals surface area contributed by atoms with Crippen LogP contribution in [0.1, 0.15) is 21.5 Å². The van der Waals surface area contributed by atoms with Gasteiger partial charge in [-0.15, -0.1) is 0 Å². The molecule has 0 aliphatic rings. The minimum Gasteiger partial charge on any atom is -0.493 e. The topological polar surface area (TPSA) is 73.9 Å². The third-order valence-corrected chi connectivity index (χ3v) is 4.76. The number of ketones is 1.